The number of nitrogens with one attached hydrogen (secondary N) is 2. The topological polar surface area (TPSA) is 139 Å². The summed E-state index contributed by atoms with van der Waals surface area (Å²) in [5, 5.41) is 6.72. The number of rotatable bonds is 12. The maximum Gasteiger partial charge on any atom is 0.264 e. The van der Waals surface area contributed by atoms with Crippen LogP contribution in [-0.4, -0.2) is 63.8 Å². The summed E-state index contributed by atoms with van der Waals surface area (Å²) in [6.45, 7) is 0.593. The molecule has 0 aliphatic carbocycles. The summed E-state index contributed by atoms with van der Waals surface area (Å²) in [4.78, 5) is 28.6. The summed E-state index contributed by atoms with van der Waals surface area (Å²) in [6, 6.07) is 17.7. The van der Waals surface area contributed by atoms with E-state index < -0.39 is 22.5 Å². The second-order valence-corrected chi connectivity index (χ2v) is 10.5. The van der Waals surface area contributed by atoms with Crippen molar-refractivity contribution >= 4 is 33.7 Å². The number of anilines is 1. The summed E-state index contributed by atoms with van der Waals surface area (Å²) in [5.74, 6) is -0.362. The van der Waals surface area contributed by atoms with Crippen molar-refractivity contribution in [1.29, 1.82) is 0 Å². The van der Waals surface area contributed by atoms with Crippen LogP contribution in [0.1, 0.15) is 18.4 Å². The van der Waals surface area contributed by atoms with Crippen molar-refractivity contribution in [3.05, 3.63) is 84.7 Å². The zero-order valence-corrected chi connectivity index (χ0v) is 21.9. The number of nitrogens with zero attached hydrogens (tertiary/aromatic N) is 3. The SMILES string of the molecule is O=C(COc1ccc(/C=N\NC(=O)CN(c2cccnc2)S(=O)(=O)c2ccccc2)cc1)NC[C@@H]1CCCO1. The molecule has 1 aromatic heterocycles. The first-order valence-corrected chi connectivity index (χ1v) is 13.8. The summed E-state index contributed by atoms with van der Waals surface area (Å²) in [6.07, 6.45) is 6.32. The van der Waals surface area contributed by atoms with E-state index in [0.717, 1.165) is 23.8 Å². The lowest BCUT2D eigenvalue weighted by atomic mass is 10.2. The normalized spacial score (nSPS) is 15.1. The minimum atomic E-state index is -4.02. The molecule has 39 heavy (non-hydrogen) atoms. The van der Waals surface area contributed by atoms with Crippen LogP contribution in [0.5, 0.6) is 5.75 Å². The van der Waals surface area contributed by atoms with E-state index in [1.54, 1.807) is 54.6 Å². The van der Waals surface area contributed by atoms with Crippen molar-refractivity contribution < 1.29 is 27.5 Å². The van der Waals surface area contributed by atoms with Crippen LogP contribution in [0.3, 0.4) is 0 Å². The third-order valence-electron chi connectivity index (χ3n) is 5.76. The predicted octanol–water partition coefficient (Wildman–Crippen LogP) is 2.10. The Morgan fingerprint density at radius 2 is 1.87 bits per heavy atom. The number of carbonyl (C=O) groups is 2. The van der Waals surface area contributed by atoms with Gasteiger partial charge in [-0.15, -0.1) is 0 Å². The number of hydrogen-bond donors (Lipinski definition) is 2. The third kappa shape index (κ3) is 8.09. The number of hydrazone groups is 1. The molecule has 2 heterocycles. The molecule has 4 rings (SSSR count). The molecule has 0 unspecified atom stereocenters. The molecule has 2 amide bonds. The highest BCUT2D eigenvalue weighted by molar-refractivity contribution is 7.92. The Morgan fingerprint density at radius 3 is 2.56 bits per heavy atom. The fourth-order valence-corrected chi connectivity index (χ4v) is 5.19. The highest BCUT2D eigenvalue weighted by atomic mass is 32.2. The minimum Gasteiger partial charge on any atom is -0.484 e. The van der Waals surface area contributed by atoms with Gasteiger partial charge >= 0.3 is 0 Å². The zero-order valence-electron chi connectivity index (χ0n) is 21.1. The van der Waals surface area contributed by atoms with Crippen LogP contribution < -0.4 is 19.8 Å². The van der Waals surface area contributed by atoms with Crippen LogP contribution in [0.25, 0.3) is 0 Å². The summed E-state index contributed by atoms with van der Waals surface area (Å²) < 4.78 is 38.4. The van der Waals surface area contributed by atoms with Crippen molar-refractivity contribution in [2.24, 2.45) is 5.10 Å². The Balaban J connectivity index is 1.29. The first-order chi connectivity index (χ1) is 18.9. The fraction of sp³-hybridized carbons (Fsp3) is 0.259. The van der Waals surface area contributed by atoms with Crippen LogP contribution in [0.15, 0.2) is 89.1 Å². The maximum atomic E-state index is 13.2. The summed E-state index contributed by atoms with van der Waals surface area (Å²) in [7, 11) is -4.02. The van der Waals surface area contributed by atoms with Gasteiger partial charge in [0.1, 0.15) is 12.3 Å². The van der Waals surface area contributed by atoms with Gasteiger partial charge in [0, 0.05) is 19.3 Å². The molecule has 1 saturated heterocycles. The van der Waals surface area contributed by atoms with Gasteiger partial charge in [-0.2, -0.15) is 5.10 Å². The van der Waals surface area contributed by atoms with Crippen molar-refractivity contribution in [3.8, 4) is 5.75 Å². The second kappa shape index (κ2) is 13.5. The number of sulfonamides is 1. The number of ether oxygens (including phenoxy) is 2. The smallest absolute Gasteiger partial charge is 0.264 e. The van der Waals surface area contributed by atoms with E-state index in [1.165, 1.54) is 30.7 Å². The molecule has 1 aliphatic rings. The van der Waals surface area contributed by atoms with E-state index in [9.17, 15) is 18.0 Å². The molecule has 0 radical (unpaired) electrons. The summed E-state index contributed by atoms with van der Waals surface area (Å²) >= 11 is 0. The zero-order chi connectivity index (χ0) is 27.5. The standard InChI is InChI=1S/C27H29N5O6S/c33-26(19-32(22-6-4-14-28-17-22)39(35,36)25-8-2-1-3-9-25)31-30-16-21-10-12-23(13-11-21)38-20-27(34)29-18-24-7-5-15-37-24/h1-4,6,8-14,16-17,24H,5,7,15,18-20H2,(H,29,34)(H,31,33)/b30-16-/t24-/m0/s1. The Hall–Kier alpha value is -4.29. The van der Waals surface area contributed by atoms with E-state index in [2.05, 4.69) is 20.8 Å². The van der Waals surface area contributed by atoms with Crippen LogP contribution in [0, 0.1) is 0 Å². The maximum absolute atomic E-state index is 13.2. The molecular weight excluding hydrogens is 522 g/mol. The molecular formula is C27H29N5O6S. The average Bonchev–Trinajstić information content (AvgIpc) is 3.49. The number of amides is 2. The van der Waals surface area contributed by atoms with Crippen LogP contribution in [-0.2, 0) is 24.3 Å². The molecule has 0 bridgehead atoms. The van der Waals surface area contributed by atoms with E-state index in [1.807, 2.05) is 0 Å². The number of carbonyl (C=O) groups excluding carboxylic acids is 2. The van der Waals surface area contributed by atoms with Crippen molar-refractivity contribution in [2.45, 2.75) is 23.8 Å². The number of benzene rings is 2. The molecule has 204 valence electrons. The van der Waals surface area contributed by atoms with E-state index in [-0.39, 0.29) is 29.2 Å². The van der Waals surface area contributed by atoms with E-state index in [0.29, 0.717) is 17.9 Å². The quantitative estimate of drug-likeness (QED) is 0.260. The molecule has 12 heteroatoms. The highest BCUT2D eigenvalue weighted by Crippen LogP contribution is 2.22. The van der Waals surface area contributed by atoms with Gasteiger partial charge in [0.2, 0.25) is 0 Å². The van der Waals surface area contributed by atoms with Crippen molar-refractivity contribution in [1.82, 2.24) is 15.7 Å². The number of hydrogen-bond acceptors (Lipinski definition) is 8. The van der Waals surface area contributed by atoms with E-state index >= 15 is 0 Å². The van der Waals surface area contributed by atoms with Crippen LogP contribution in [0.2, 0.25) is 0 Å². The molecule has 2 aromatic carbocycles. The first-order valence-electron chi connectivity index (χ1n) is 12.3. The lowest BCUT2D eigenvalue weighted by Gasteiger charge is -2.23. The van der Waals surface area contributed by atoms with Gasteiger partial charge in [-0.3, -0.25) is 18.9 Å². The monoisotopic (exact) mass is 551 g/mol. The van der Waals surface area contributed by atoms with Crippen LogP contribution >= 0.6 is 0 Å². The Bertz CT molecular complexity index is 1360. The van der Waals surface area contributed by atoms with Gasteiger partial charge in [-0.1, -0.05) is 18.2 Å². The molecule has 3 aromatic rings. The van der Waals surface area contributed by atoms with Crippen LogP contribution in [0.4, 0.5) is 5.69 Å². The lowest BCUT2D eigenvalue weighted by Crippen LogP contribution is -2.39. The largest absolute Gasteiger partial charge is 0.484 e. The van der Waals surface area contributed by atoms with Gasteiger partial charge in [-0.25, -0.2) is 13.8 Å². The lowest BCUT2D eigenvalue weighted by molar-refractivity contribution is -0.123. The Labute approximate surface area is 226 Å². The molecule has 0 saturated carbocycles. The molecule has 0 spiro atoms. The summed E-state index contributed by atoms with van der Waals surface area (Å²) in [5.41, 5.74) is 3.26. The fourth-order valence-electron chi connectivity index (χ4n) is 3.76. The number of aromatic nitrogens is 1. The van der Waals surface area contributed by atoms with E-state index in [4.69, 9.17) is 9.47 Å². The van der Waals surface area contributed by atoms with Gasteiger partial charge < -0.3 is 14.8 Å². The molecule has 1 aliphatic heterocycles. The van der Waals surface area contributed by atoms with Gasteiger partial charge in [0.15, 0.2) is 6.61 Å². The first kappa shape index (κ1) is 27.7. The third-order valence-corrected chi connectivity index (χ3v) is 7.54. The van der Waals surface area contributed by atoms with Crippen molar-refractivity contribution in [2.75, 3.05) is 30.6 Å². The Kier molecular flexibility index (Phi) is 9.59. The molecule has 1 atom stereocenters. The predicted molar refractivity (Wildman–Crippen MR) is 145 cm³/mol. The van der Waals surface area contributed by atoms with Gasteiger partial charge in [0.25, 0.3) is 21.8 Å². The molecule has 11 nitrogen and oxygen atoms in total. The Morgan fingerprint density at radius 1 is 1.08 bits per heavy atom. The minimum absolute atomic E-state index is 0.0489. The number of pyridine rings is 1. The highest BCUT2D eigenvalue weighted by Gasteiger charge is 2.27. The molecule has 2 N–H and O–H groups in total. The molecule has 1 fully saturated rings. The second-order valence-electron chi connectivity index (χ2n) is 8.63. The van der Waals surface area contributed by atoms with Gasteiger partial charge in [-0.05, 0) is 66.9 Å². The average molecular weight is 552 g/mol. The van der Waals surface area contributed by atoms with Gasteiger partial charge in [0.05, 0.1) is 29.1 Å². The van der Waals surface area contributed by atoms with Crippen molar-refractivity contribution in [3.63, 3.8) is 0 Å².